The second-order valence-electron chi connectivity index (χ2n) is 3.81. The molecule has 2 rings (SSSR count). The molecule has 1 aromatic rings. The van der Waals surface area contributed by atoms with Gasteiger partial charge in [-0.1, -0.05) is 0 Å². The number of hydrogen-bond donors (Lipinski definition) is 2. The van der Waals surface area contributed by atoms with Crippen molar-refractivity contribution in [3.8, 4) is 0 Å². The first kappa shape index (κ1) is 8.72. The third-order valence-corrected chi connectivity index (χ3v) is 2.63. The van der Waals surface area contributed by atoms with E-state index in [1.54, 1.807) is 13.1 Å². The lowest BCUT2D eigenvalue weighted by atomic mass is 9.88. The summed E-state index contributed by atoms with van der Waals surface area (Å²) in [5.74, 6) is 0. The third-order valence-electron chi connectivity index (χ3n) is 2.63. The standard InChI is InChI=1S/C9H15N3O/c1-6(13)7-4-11-12(5-7)9-2-8(10)3-9/h4-6,8-9,13H,2-3,10H2,1H3. The lowest BCUT2D eigenvalue weighted by molar-refractivity contribution is 0.198. The molecule has 1 atom stereocenters. The Morgan fingerprint density at radius 2 is 2.38 bits per heavy atom. The van der Waals surface area contributed by atoms with Gasteiger partial charge in [0.25, 0.3) is 0 Å². The minimum Gasteiger partial charge on any atom is -0.389 e. The predicted molar refractivity (Wildman–Crippen MR) is 49.1 cm³/mol. The Hall–Kier alpha value is -0.870. The maximum atomic E-state index is 9.28. The molecule has 0 aromatic carbocycles. The van der Waals surface area contributed by atoms with E-state index in [4.69, 9.17) is 5.73 Å². The van der Waals surface area contributed by atoms with Gasteiger partial charge >= 0.3 is 0 Å². The van der Waals surface area contributed by atoms with Gasteiger partial charge in [0.2, 0.25) is 0 Å². The molecule has 1 aliphatic carbocycles. The fourth-order valence-electron chi connectivity index (χ4n) is 1.61. The van der Waals surface area contributed by atoms with E-state index in [9.17, 15) is 5.11 Å². The predicted octanol–water partition coefficient (Wildman–Crippen LogP) is 0.599. The van der Waals surface area contributed by atoms with Crippen molar-refractivity contribution in [2.75, 3.05) is 0 Å². The zero-order valence-electron chi connectivity index (χ0n) is 7.72. The monoisotopic (exact) mass is 181 g/mol. The molecule has 1 aromatic heterocycles. The Labute approximate surface area is 77.4 Å². The molecular formula is C9H15N3O. The summed E-state index contributed by atoms with van der Waals surface area (Å²) in [5, 5.41) is 13.5. The van der Waals surface area contributed by atoms with E-state index < -0.39 is 6.10 Å². The molecule has 72 valence electrons. The first-order valence-corrected chi connectivity index (χ1v) is 4.64. The highest BCUT2D eigenvalue weighted by Crippen LogP contribution is 2.30. The molecule has 4 nitrogen and oxygen atoms in total. The number of hydrogen-bond acceptors (Lipinski definition) is 3. The van der Waals surface area contributed by atoms with Gasteiger partial charge in [0.1, 0.15) is 0 Å². The molecule has 0 bridgehead atoms. The highest BCUT2D eigenvalue weighted by atomic mass is 16.3. The Balaban J connectivity index is 2.06. The molecule has 13 heavy (non-hydrogen) atoms. The lowest BCUT2D eigenvalue weighted by Gasteiger charge is -2.32. The van der Waals surface area contributed by atoms with E-state index in [0.29, 0.717) is 12.1 Å². The van der Waals surface area contributed by atoms with E-state index in [-0.39, 0.29) is 0 Å². The number of aliphatic hydroxyl groups is 1. The van der Waals surface area contributed by atoms with Crippen LogP contribution in [0.4, 0.5) is 0 Å². The van der Waals surface area contributed by atoms with Crippen molar-refractivity contribution in [1.82, 2.24) is 9.78 Å². The molecule has 0 aliphatic heterocycles. The van der Waals surface area contributed by atoms with Crippen LogP contribution in [0.2, 0.25) is 0 Å². The largest absolute Gasteiger partial charge is 0.389 e. The number of aromatic nitrogens is 2. The van der Waals surface area contributed by atoms with Crippen molar-refractivity contribution in [3.05, 3.63) is 18.0 Å². The number of aliphatic hydroxyl groups excluding tert-OH is 1. The van der Waals surface area contributed by atoms with Gasteiger partial charge in [-0.05, 0) is 19.8 Å². The average molecular weight is 181 g/mol. The zero-order chi connectivity index (χ0) is 9.42. The lowest BCUT2D eigenvalue weighted by Crippen LogP contribution is -2.37. The molecule has 1 aliphatic rings. The van der Waals surface area contributed by atoms with E-state index in [1.807, 2.05) is 10.9 Å². The topological polar surface area (TPSA) is 64.1 Å². The molecule has 0 amide bonds. The highest BCUT2D eigenvalue weighted by Gasteiger charge is 2.28. The van der Waals surface area contributed by atoms with Crippen molar-refractivity contribution < 1.29 is 5.11 Å². The first-order valence-electron chi connectivity index (χ1n) is 4.64. The van der Waals surface area contributed by atoms with Crippen LogP contribution in [0.5, 0.6) is 0 Å². The zero-order valence-corrected chi connectivity index (χ0v) is 7.72. The smallest absolute Gasteiger partial charge is 0.0792 e. The maximum absolute atomic E-state index is 9.28. The molecule has 1 unspecified atom stereocenters. The van der Waals surface area contributed by atoms with Gasteiger partial charge in [-0.2, -0.15) is 5.10 Å². The molecule has 3 N–H and O–H groups in total. The Morgan fingerprint density at radius 3 is 2.85 bits per heavy atom. The van der Waals surface area contributed by atoms with Gasteiger partial charge in [0.15, 0.2) is 0 Å². The molecule has 0 spiro atoms. The van der Waals surface area contributed by atoms with Crippen LogP contribution in [0, 0.1) is 0 Å². The fourth-order valence-corrected chi connectivity index (χ4v) is 1.61. The van der Waals surface area contributed by atoms with Crippen LogP contribution in [-0.4, -0.2) is 20.9 Å². The third kappa shape index (κ3) is 1.59. The molecule has 1 heterocycles. The van der Waals surface area contributed by atoms with Gasteiger partial charge < -0.3 is 10.8 Å². The number of nitrogens with zero attached hydrogens (tertiary/aromatic N) is 2. The van der Waals surface area contributed by atoms with E-state index in [0.717, 1.165) is 18.4 Å². The van der Waals surface area contributed by atoms with Crippen molar-refractivity contribution in [2.45, 2.75) is 38.0 Å². The summed E-state index contributed by atoms with van der Waals surface area (Å²) in [6, 6.07) is 0.784. The van der Waals surface area contributed by atoms with E-state index >= 15 is 0 Å². The summed E-state index contributed by atoms with van der Waals surface area (Å²) in [6.07, 6.45) is 5.19. The summed E-state index contributed by atoms with van der Waals surface area (Å²) in [5.41, 5.74) is 6.56. The van der Waals surface area contributed by atoms with Gasteiger partial charge in [0, 0.05) is 17.8 Å². The molecular weight excluding hydrogens is 166 g/mol. The summed E-state index contributed by atoms with van der Waals surface area (Å²) in [4.78, 5) is 0. The minimum absolute atomic E-state index is 0.337. The van der Waals surface area contributed by atoms with Crippen LogP contribution in [0.1, 0.15) is 37.5 Å². The summed E-state index contributed by atoms with van der Waals surface area (Å²) in [6.45, 7) is 1.74. The van der Waals surface area contributed by atoms with Crippen molar-refractivity contribution in [1.29, 1.82) is 0 Å². The van der Waals surface area contributed by atoms with Crippen molar-refractivity contribution in [3.63, 3.8) is 0 Å². The number of rotatable bonds is 2. The second kappa shape index (κ2) is 3.12. The Kier molecular flexibility index (Phi) is 2.09. The Bertz CT molecular complexity index is 289. The molecule has 0 radical (unpaired) electrons. The summed E-state index contributed by atoms with van der Waals surface area (Å²) < 4.78 is 1.91. The second-order valence-corrected chi connectivity index (χ2v) is 3.81. The first-order chi connectivity index (χ1) is 6.16. The Morgan fingerprint density at radius 1 is 1.69 bits per heavy atom. The van der Waals surface area contributed by atoms with Crippen LogP contribution < -0.4 is 5.73 Å². The fraction of sp³-hybridized carbons (Fsp3) is 0.667. The van der Waals surface area contributed by atoms with E-state index in [2.05, 4.69) is 5.10 Å². The van der Waals surface area contributed by atoms with Crippen LogP contribution in [0.25, 0.3) is 0 Å². The van der Waals surface area contributed by atoms with Gasteiger partial charge in [0.05, 0.1) is 18.3 Å². The normalized spacial score (nSPS) is 29.8. The number of nitrogens with two attached hydrogens (primary N) is 1. The van der Waals surface area contributed by atoms with Gasteiger partial charge in [-0.15, -0.1) is 0 Å². The molecule has 0 saturated heterocycles. The van der Waals surface area contributed by atoms with E-state index in [1.165, 1.54) is 0 Å². The highest BCUT2D eigenvalue weighted by molar-refractivity contribution is 5.08. The minimum atomic E-state index is -0.428. The van der Waals surface area contributed by atoms with Crippen LogP contribution in [-0.2, 0) is 0 Å². The van der Waals surface area contributed by atoms with Gasteiger partial charge in [-0.3, -0.25) is 4.68 Å². The SMILES string of the molecule is CC(O)c1cnn(C2CC(N)C2)c1. The molecule has 1 fully saturated rings. The van der Waals surface area contributed by atoms with Crippen LogP contribution >= 0.6 is 0 Å². The van der Waals surface area contributed by atoms with Crippen LogP contribution in [0.15, 0.2) is 12.4 Å². The van der Waals surface area contributed by atoms with Crippen molar-refractivity contribution >= 4 is 0 Å². The van der Waals surface area contributed by atoms with Crippen molar-refractivity contribution in [2.24, 2.45) is 5.73 Å². The van der Waals surface area contributed by atoms with Crippen LogP contribution in [0.3, 0.4) is 0 Å². The summed E-state index contributed by atoms with van der Waals surface area (Å²) in [7, 11) is 0. The maximum Gasteiger partial charge on any atom is 0.0792 e. The summed E-state index contributed by atoms with van der Waals surface area (Å²) >= 11 is 0. The molecule has 1 saturated carbocycles. The average Bonchev–Trinajstić information content (AvgIpc) is 2.46. The molecule has 4 heteroatoms. The van der Waals surface area contributed by atoms with Gasteiger partial charge in [-0.25, -0.2) is 0 Å². The quantitative estimate of drug-likeness (QED) is 0.702.